The minimum Gasteiger partial charge on any atom is -0.314 e. The maximum Gasteiger partial charge on any atom is 0.0697 e. The van der Waals surface area contributed by atoms with Crippen LogP contribution in [0.5, 0.6) is 0 Å². The summed E-state index contributed by atoms with van der Waals surface area (Å²) in [6, 6.07) is 10.4. The van der Waals surface area contributed by atoms with E-state index in [0.717, 1.165) is 26.2 Å². The van der Waals surface area contributed by atoms with Gasteiger partial charge in [-0.2, -0.15) is 0 Å². The summed E-state index contributed by atoms with van der Waals surface area (Å²) >= 11 is 14.1. The summed E-state index contributed by atoms with van der Waals surface area (Å²) in [6.45, 7) is 4.12. The van der Waals surface area contributed by atoms with Gasteiger partial charge in [0, 0.05) is 41.1 Å². The standard InChI is InChI=1S/C15H16Cl2N2S/c16-12-8-11(9-13(17)10-12)15(14-2-1-7-20-14)19-5-3-18-4-6-19/h1-2,7-10,15,18H,3-6H2/t15-/m0/s1. The van der Waals surface area contributed by atoms with Gasteiger partial charge < -0.3 is 5.32 Å². The van der Waals surface area contributed by atoms with Crippen molar-refractivity contribution in [1.29, 1.82) is 0 Å². The van der Waals surface area contributed by atoms with Gasteiger partial charge in [-0.05, 0) is 35.2 Å². The van der Waals surface area contributed by atoms with Gasteiger partial charge in [0.25, 0.3) is 0 Å². The van der Waals surface area contributed by atoms with E-state index in [0.29, 0.717) is 10.0 Å². The van der Waals surface area contributed by atoms with Crippen molar-refractivity contribution in [3.63, 3.8) is 0 Å². The molecule has 2 aromatic rings. The van der Waals surface area contributed by atoms with Gasteiger partial charge in [-0.25, -0.2) is 0 Å². The molecule has 2 heterocycles. The van der Waals surface area contributed by atoms with Crippen molar-refractivity contribution in [1.82, 2.24) is 10.2 Å². The number of halogens is 2. The highest BCUT2D eigenvalue weighted by Gasteiger charge is 2.25. The summed E-state index contributed by atoms with van der Waals surface area (Å²) in [5, 5.41) is 6.92. The number of hydrogen-bond acceptors (Lipinski definition) is 3. The van der Waals surface area contributed by atoms with Crippen LogP contribution >= 0.6 is 34.5 Å². The monoisotopic (exact) mass is 326 g/mol. The number of hydrogen-bond donors (Lipinski definition) is 1. The Bertz CT molecular complexity index is 545. The van der Waals surface area contributed by atoms with Crippen molar-refractivity contribution < 1.29 is 0 Å². The number of rotatable bonds is 3. The maximum atomic E-state index is 6.18. The van der Waals surface area contributed by atoms with E-state index in [1.54, 1.807) is 17.4 Å². The van der Waals surface area contributed by atoms with Crippen molar-refractivity contribution in [2.45, 2.75) is 6.04 Å². The van der Waals surface area contributed by atoms with Crippen LogP contribution in [0.25, 0.3) is 0 Å². The molecule has 0 aliphatic carbocycles. The van der Waals surface area contributed by atoms with Gasteiger partial charge in [-0.3, -0.25) is 4.90 Å². The van der Waals surface area contributed by atoms with Gasteiger partial charge in [0.15, 0.2) is 0 Å². The fraction of sp³-hybridized carbons (Fsp3) is 0.333. The molecule has 0 bridgehead atoms. The van der Waals surface area contributed by atoms with Gasteiger partial charge in [-0.15, -0.1) is 11.3 Å². The Balaban J connectivity index is 2.00. The highest BCUT2D eigenvalue weighted by molar-refractivity contribution is 7.10. The summed E-state index contributed by atoms with van der Waals surface area (Å²) in [4.78, 5) is 3.83. The van der Waals surface area contributed by atoms with Gasteiger partial charge in [0.05, 0.1) is 6.04 Å². The molecule has 1 aliphatic rings. The Hall–Kier alpha value is -0.580. The molecule has 1 fully saturated rings. The number of nitrogens with one attached hydrogen (secondary N) is 1. The van der Waals surface area contributed by atoms with Crippen LogP contribution in [-0.4, -0.2) is 31.1 Å². The number of benzene rings is 1. The Kier molecular flexibility index (Phi) is 4.64. The molecule has 3 rings (SSSR count). The largest absolute Gasteiger partial charge is 0.314 e. The molecule has 1 saturated heterocycles. The molecule has 1 aromatic carbocycles. The molecule has 2 nitrogen and oxygen atoms in total. The van der Waals surface area contributed by atoms with E-state index >= 15 is 0 Å². The van der Waals surface area contributed by atoms with Crippen LogP contribution in [0.1, 0.15) is 16.5 Å². The second kappa shape index (κ2) is 6.46. The molecule has 0 radical (unpaired) electrons. The molecule has 0 unspecified atom stereocenters. The molecule has 0 amide bonds. The van der Waals surface area contributed by atoms with Crippen molar-refractivity contribution >= 4 is 34.5 Å². The van der Waals surface area contributed by atoms with Crippen LogP contribution in [0.15, 0.2) is 35.7 Å². The summed E-state index contributed by atoms with van der Waals surface area (Å²) < 4.78 is 0. The molecule has 1 atom stereocenters. The molecule has 1 aromatic heterocycles. The van der Waals surface area contributed by atoms with E-state index in [9.17, 15) is 0 Å². The summed E-state index contributed by atoms with van der Waals surface area (Å²) in [7, 11) is 0. The lowest BCUT2D eigenvalue weighted by Crippen LogP contribution is -2.45. The molecular weight excluding hydrogens is 311 g/mol. The zero-order chi connectivity index (χ0) is 13.9. The molecule has 1 N–H and O–H groups in total. The summed E-state index contributed by atoms with van der Waals surface area (Å²) in [6.07, 6.45) is 0. The average molecular weight is 327 g/mol. The van der Waals surface area contributed by atoms with Crippen LogP contribution in [0, 0.1) is 0 Å². The van der Waals surface area contributed by atoms with E-state index in [-0.39, 0.29) is 6.04 Å². The van der Waals surface area contributed by atoms with Crippen LogP contribution < -0.4 is 5.32 Å². The summed E-state index contributed by atoms with van der Waals surface area (Å²) in [5.41, 5.74) is 1.17. The molecule has 5 heteroatoms. The van der Waals surface area contributed by atoms with E-state index in [2.05, 4.69) is 27.7 Å². The zero-order valence-corrected chi connectivity index (χ0v) is 13.3. The number of nitrogens with zero attached hydrogens (tertiary/aromatic N) is 1. The molecule has 106 valence electrons. The zero-order valence-electron chi connectivity index (χ0n) is 11.0. The fourth-order valence-electron chi connectivity index (χ4n) is 2.68. The van der Waals surface area contributed by atoms with Crippen LogP contribution in [0.4, 0.5) is 0 Å². The predicted octanol–water partition coefficient (Wildman–Crippen LogP) is 4.05. The molecule has 0 saturated carbocycles. The first kappa shape index (κ1) is 14.4. The van der Waals surface area contributed by atoms with Crippen LogP contribution in [0.2, 0.25) is 10.0 Å². The molecular formula is C15H16Cl2N2S. The normalized spacial score (nSPS) is 18.1. The van der Waals surface area contributed by atoms with Gasteiger partial charge >= 0.3 is 0 Å². The first-order valence-corrected chi connectivity index (χ1v) is 8.32. The highest BCUT2D eigenvalue weighted by atomic mass is 35.5. The van der Waals surface area contributed by atoms with E-state index in [1.165, 1.54) is 10.4 Å². The van der Waals surface area contributed by atoms with Gasteiger partial charge in [-0.1, -0.05) is 29.3 Å². The first-order valence-electron chi connectivity index (χ1n) is 6.68. The van der Waals surface area contributed by atoms with Crippen molar-refractivity contribution in [3.8, 4) is 0 Å². The topological polar surface area (TPSA) is 15.3 Å². The third-order valence-corrected chi connectivity index (χ3v) is 4.89. The molecule has 0 spiro atoms. The minimum atomic E-state index is 0.244. The average Bonchev–Trinajstić information content (AvgIpc) is 2.93. The second-order valence-electron chi connectivity index (χ2n) is 4.91. The van der Waals surface area contributed by atoms with Gasteiger partial charge in [0.2, 0.25) is 0 Å². The second-order valence-corrected chi connectivity index (χ2v) is 6.76. The van der Waals surface area contributed by atoms with Crippen molar-refractivity contribution in [2.24, 2.45) is 0 Å². The highest BCUT2D eigenvalue weighted by Crippen LogP contribution is 2.34. The first-order chi connectivity index (χ1) is 9.74. The molecule has 1 aliphatic heterocycles. The third-order valence-electron chi connectivity index (χ3n) is 3.53. The Morgan fingerprint density at radius 3 is 2.40 bits per heavy atom. The number of piperazine rings is 1. The Labute approximate surface area is 133 Å². The number of thiophene rings is 1. The predicted molar refractivity (Wildman–Crippen MR) is 87.1 cm³/mol. The maximum absolute atomic E-state index is 6.18. The Morgan fingerprint density at radius 2 is 1.80 bits per heavy atom. The van der Waals surface area contributed by atoms with Crippen LogP contribution in [-0.2, 0) is 0 Å². The SMILES string of the molecule is Clc1cc(Cl)cc([C@@H](c2cccs2)N2CCNCC2)c1. The van der Waals surface area contributed by atoms with Crippen LogP contribution in [0.3, 0.4) is 0 Å². The summed E-state index contributed by atoms with van der Waals surface area (Å²) in [5.74, 6) is 0. The van der Waals surface area contributed by atoms with E-state index in [1.807, 2.05) is 12.1 Å². The third kappa shape index (κ3) is 3.18. The smallest absolute Gasteiger partial charge is 0.0697 e. The quantitative estimate of drug-likeness (QED) is 0.915. The van der Waals surface area contributed by atoms with Crippen molar-refractivity contribution in [3.05, 3.63) is 56.2 Å². The van der Waals surface area contributed by atoms with E-state index in [4.69, 9.17) is 23.2 Å². The Morgan fingerprint density at radius 1 is 1.10 bits per heavy atom. The lowest BCUT2D eigenvalue weighted by molar-refractivity contribution is 0.200. The van der Waals surface area contributed by atoms with E-state index < -0.39 is 0 Å². The van der Waals surface area contributed by atoms with Gasteiger partial charge in [0.1, 0.15) is 0 Å². The molecule has 20 heavy (non-hydrogen) atoms. The fourth-order valence-corrected chi connectivity index (χ4v) is 4.10. The lowest BCUT2D eigenvalue weighted by atomic mass is 10.0. The lowest BCUT2D eigenvalue weighted by Gasteiger charge is -2.35. The van der Waals surface area contributed by atoms with Crippen molar-refractivity contribution in [2.75, 3.05) is 26.2 Å². The minimum absolute atomic E-state index is 0.244.